The average molecular weight is 399 g/mol. The third-order valence-corrected chi connectivity index (χ3v) is 5.67. The fourth-order valence-electron chi connectivity index (χ4n) is 4.15. The molecule has 0 saturated carbocycles. The number of pyridine rings is 1. The van der Waals surface area contributed by atoms with E-state index in [-0.39, 0.29) is 11.8 Å². The zero-order valence-electron chi connectivity index (χ0n) is 16.4. The minimum absolute atomic E-state index is 0.134. The van der Waals surface area contributed by atoms with Crippen LogP contribution in [0.3, 0.4) is 0 Å². The molecule has 150 valence electrons. The Balaban J connectivity index is 1.51. The maximum atomic E-state index is 13.5. The van der Waals surface area contributed by atoms with Crippen LogP contribution in [0.4, 0.5) is 5.82 Å². The van der Waals surface area contributed by atoms with E-state index in [1.165, 1.54) is 6.08 Å². The molecule has 0 unspecified atom stereocenters. The first-order valence-electron chi connectivity index (χ1n) is 9.89. The van der Waals surface area contributed by atoms with Crippen molar-refractivity contribution < 1.29 is 9.59 Å². The number of rotatable bonds is 4. The minimum Gasteiger partial charge on any atom is -0.361 e. The molecular weight excluding hydrogens is 378 g/mol. The molecule has 4 aromatic rings. The van der Waals surface area contributed by atoms with Crippen LogP contribution in [-0.2, 0) is 16.0 Å². The van der Waals surface area contributed by atoms with E-state index in [0.29, 0.717) is 25.3 Å². The molecule has 4 heterocycles. The summed E-state index contributed by atoms with van der Waals surface area (Å²) in [5.74, 6) is 0.230. The number of imidazole rings is 1. The van der Waals surface area contributed by atoms with Gasteiger partial charge in [0, 0.05) is 42.8 Å². The second-order valence-corrected chi connectivity index (χ2v) is 7.37. The normalized spacial score (nSPS) is 17.1. The third-order valence-electron chi connectivity index (χ3n) is 5.67. The number of nitrogens with zero attached hydrogens (tertiary/aromatic N) is 4. The van der Waals surface area contributed by atoms with E-state index < -0.39 is 6.04 Å². The Hall–Kier alpha value is -3.87. The number of nitrogens with one attached hydrogen (secondary N) is 1. The minimum atomic E-state index is -0.617. The largest absolute Gasteiger partial charge is 0.361 e. The zero-order chi connectivity index (χ0) is 20.7. The molecule has 0 spiro atoms. The second-order valence-electron chi connectivity index (χ2n) is 7.37. The van der Waals surface area contributed by atoms with Crippen LogP contribution in [0.5, 0.6) is 0 Å². The number of hydrogen-bond acceptors (Lipinski definition) is 3. The Morgan fingerprint density at radius 2 is 2.03 bits per heavy atom. The van der Waals surface area contributed by atoms with Crippen LogP contribution in [0.1, 0.15) is 5.56 Å². The highest BCUT2D eigenvalue weighted by Crippen LogP contribution is 2.26. The molecule has 3 aromatic heterocycles. The first-order chi connectivity index (χ1) is 14.7. The maximum Gasteiger partial charge on any atom is 0.251 e. The third kappa shape index (κ3) is 2.95. The maximum absolute atomic E-state index is 13.5. The number of H-pyrrole nitrogens is 1. The van der Waals surface area contributed by atoms with Gasteiger partial charge in [-0.2, -0.15) is 0 Å². The predicted octanol–water partition coefficient (Wildman–Crippen LogP) is 2.79. The highest BCUT2D eigenvalue weighted by molar-refractivity contribution is 6.02. The van der Waals surface area contributed by atoms with E-state index in [0.717, 1.165) is 22.1 Å². The van der Waals surface area contributed by atoms with Gasteiger partial charge in [-0.15, -0.1) is 0 Å². The van der Waals surface area contributed by atoms with E-state index in [4.69, 9.17) is 0 Å². The lowest BCUT2D eigenvalue weighted by Gasteiger charge is -2.39. The molecular formula is C23H21N5O2. The van der Waals surface area contributed by atoms with Gasteiger partial charge in [0.15, 0.2) is 5.82 Å². The number of fused-ring (bicyclic) bond motifs is 2. The Morgan fingerprint density at radius 3 is 2.87 bits per heavy atom. The van der Waals surface area contributed by atoms with E-state index in [2.05, 4.69) is 16.5 Å². The molecule has 0 bridgehead atoms. The Morgan fingerprint density at radius 1 is 1.20 bits per heavy atom. The zero-order valence-corrected chi connectivity index (χ0v) is 16.4. The summed E-state index contributed by atoms with van der Waals surface area (Å²) in [7, 11) is 0. The van der Waals surface area contributed by atoms with Crippen LogP contribution in [0, 0.1) is 0 Å². The van der Waals surface area contributed by atoms with Gasteiger partial charge in [0.25, 0.3) is 5.91 Å². The standard InChI is InChI=1S/C23H21N5O2/c1-2-22(29)27-11-12-28(21-15-26-10-6-5-9-20(26)25-21)23(30)19(27)13-16-14-24-18-8-4-3-7-17(16)18/h2-10,14-15,19,24H,1,11-13H2/t19-/m1/s1. The van der Waals surface area contributed by atoms with Gasteiger partial charge in [-0.1, -0.05) is 30.8 Å². The van der Waals surface area contributed by atoms with Gasteiger partial charge in [-0.05, 0) is 29.8 Å². The lowest BCUT2D eigenvalue weighted by atomic mass is 10.0. The highest BCUT2D eigenvalue weighted by atomic mass is 16.2. The first kappa shape index (κ1) is 18.2. The molecule has 0 radical (unpaired) electrons. The van der Waals surface area contributed by atoms with Gasteiger partial charge in [0.2, 0.25) is 5.91 Å². The van der Waals surface area contributed by atoms with Crippen LogP contribution in [0.15, 0.2) is 73.7 Å². The number of piperazine rings is 1. The summed E-state index contributed by atoms with van der Waals surface area (Å²) in [6.45, 7) is 4.43. The van der Waals surface area contributed by atoms with Gasteiger partial charge in [0.1, 0.15) is 11.7 Å². The molecule has 2 amide bonds. The lowest BCUT2D eigenvalue weighted by Crippen LogP contribution is -2.59. The molecule has 1 aliphatic heterocycles. The quantitative estimate of drug-likeness (QED) is 0.536. The van der Waals surface area contributed by atoms with Crippen molar-refractivity contribution in [1.82, 2.24) is 19.3 Å². The fraction of sp³-hybridized carbons (Fsp3) is 0.174. The molecule has 7 nitrogen and oxygen atoms in total. The van der Waals surface area contributed by atoms with Gasteiger partial charge in [0.05, 0.1) is 6.20 Å². The van der Waals surface area contributed by atoms with Crippen molar-refractivity contribution in [3.05, 3.63) is 79.3 Å². The number of carbonyl (C=O) groups excluding carboxylic acids is 2. The lowest BCUT2D eigenvalue weighted by molar-refractivity contribution is -0.138. The summed E-state index contributed by atoms with van der Waals surface area (Å²) >= 11 is 0. The van der Waals surface area contributed by atoms with Crippen molar-refractivity contribution in [3.8, 4) is 0 Å². The Bertz CT molecular complexity index is 1240. The number of hydrogen-bond donors (Lipinski definition) is 1. The molecule has 1 saturated heterocycles. The summed E-state index contributed by atoms with van der Waals surface area (Å²) in [5.41, 5.74) is 2.79. The average Bonchev–Trinajstić information content (AvgIpc) is 3.38. The van der Waals surface area contributed by atoms with Crippen molar-refractivity contribution >= 4 is 34.2 Å². The first-order valence-corrected chi connectivity index (χ1v) is 9.89. The summed E-state index contributed by atoms with van der Waals surface area (Å²) in [6.07, 6.45) is 7.36. The molecule has 7 heteroatoms. The molecule has 5 rings (SSSR count). The molecule has 1 atom stereocenters. The highest BCUT2D eigenvalue weighted by Gasteiger charge is 2.38. The number of carbonyl (C=O) groups is 2. The molecule has 0 aliphatic carbocycles. The molecule has 1 fully saturated rings. The summed E-state index contributed by atoms with van der Waals surface area (Å²) in [6, 6.07) is 13.1. The Labute approximate surface area is 173 Å². The van der Waals surface area contributed by atoms with Crippen molar-refractivity contribution in [2.45, 2.75) is 12.5 Å². The Kier molecular flexibility index (Phi) is 4.35. The summed E-state index contributed by atoms with van der Waals surface area (Å²) in [5, 5.41) is 1.06. The molecule has 30 heavy (non-hydrogen) atoms. The monoisotopic (exact) mass is 399 g/mol. The number of para-hydroxylation sites is 1. The molecule has 1 aliphatic rings. The molecule has 1 aromatic carbocycles. The summed E-state index contributed by atoms with van der Waals surface area (Å²) < 4.78 is 1.89. The van der Waals surface area contributed by atoms with Crippen LogP contribution >= 0.6 is 0 Å². The number of benzene rings is 1. The second kappa shape index (κ2) is 7.18. The number of aromatic nitrogens is 3. The van der Waals surface area contributed by atoms with Gasteiger partial charge >= 0.3 is 0 Å². The van der Waals surface area contributed by atoms with E-state index in [1.54, 1.807) is 9.80 Å². The van der Waals surface area contributed by atoms with Crippen molar-refractivity contribution in [3.63, 3.8) is 0 Å². The molecule has 1 N–H and O–H groups in total. The van der Waals surface area contributed by atoms with Crippen LogP contribution < -0.4 is 4.90 Å². The SMILES string of the molecule is C=CC(=O)N1CCN(c2cn3ccccc3n2)C(=O)[C@H]1Cc1c[nH]c2ccccc12. The van der Waals surface area contributed by atoms with Crippen molar-refractivity contribution in [2.75, 3.05) is 18.0 Å². The van der Waals surface area contributed by atoms with E-state index >= 15 is 0 Å². The summed E-state index contributed by atoms with van der Waals surface area (Å²) in [4.78, 5) is 37.2. The number of amides is 2. The fourth-order valence-corrected chi connectivity index (χ4v) is 4.15. The van der Waals surface area contributed by atoms with Gasteiger partial charge < -0.3 is 14.3 Å². The van der Waals surface area contributed by atoms with E-state index in [9.17, 15) is 9.59 Å². The van der Waals surface area contributed by atoms with Gasteiger partial charge in [-0.25, -0.2) is 4.98 Å². The van der Waals surface area contributed by atoms with Gasteiger partial charge in [-0.3, -0.25) is 14.5 Å². The van der Waals surface area contributed by atoms with Crippen molar-refractivity contribution in [1.29, 1.82) is 0 Å². The van der Waals surface area contributed by atoms with E-state index in [1.807, 2.05) is 65.5 Å². The topological polar surface area (TPSA) is 73.7 Å². The van der Waals surface area contributed by atoms with Crippen LogP contribution in [-0.4, -0.2) is 50.2 Å². The number of anilines is 1. The predicted molar refractivity (Wildman–Crippen MR) is 115 cm³/mol. The van der Waals surface area contributed by atoms with Crippen LogP contribution in [0.2, 0.25) is 0 Å². The number of aromatic amines is 1. The van der Waals surface area contributed by atoms with Crippen molar-refractivity contribution in [2.24, 2.45) is 0 Å². The smallest absolute Gasteiger partial charge is 0.251 e. The van der Waals surface area contributed by atoms with Crippen LogP contribution in [0.25, 0.3) is 16.6 Å².